The van der Waals surface area contributed by atoms with E-state index in [1.165, 1.54) is 0 Å². The fraction of sp³-hybridized carbons (Fsp3) is 0.429. The van der Waals surface area contributed by atoms with Gasteiger partial charge in [-0.1, -0.05) is 18.2 Å². The summed E-state index contributed by atoms with van der Waals surface area (Å²) in [6, 6.07) is 8.51. The van der Waals surface area contributed by atoms with Crippen LogP contribution < -0.4 is 0 Å². The summed E-state index contributed by atoms with van der Waals surface area (Å²) >= 11 is 0. The van der Waals surface area contributed by atoms with Gasteiger partial charge in [-0.25, -0.2) is 0 Å². The fourth-order valence-electron chi connectivity index (χ4n) is 2.85. The monoisotopic (exact) mass is 244 g/mol. The Morgan fingerprint density at radius 1 is 1.22 bits per heavy atom. The minimum atomic E-state index is -0.654. The van der Waals surface area contributed by atoms with Crippen LogP contribution in [0.25, 0.3) is 10.9 Å². The van der Waals surface area contributed by atoms with Gasteiger partial charge in [-0.15, -0.1) is 0 Å². The molecule has 0 amide bonds. The Bertz CT molecular complexity index is 568. The molecule has 1 fully saturated rings. The number of para-hydroxylation sites is 1. The third kappa shape index (κ3) is 1.88. The summed E-state index contributed by atoms with van der Waals surface area (Å²) in [6.07, 6.45) is 5.21. The van der Waals surface area contributed by atoms with E-state index < -0.39 is 5.97 Å². The topological polar surface area (TPSA) is 55.1 Å². The molecule has 94 valence electrons. The van der Waals surface area contributed by atoms with Crippen molar-refractivity contribution in [3.8, 4) is 0 Å². The summed E-state index contributed by atoms with van der Waals surface area (Å²) in [5, 5.41) is 14.6. The van der Waals surface area contributed by atoms with E-state index in [0.717, 1.165) is 36.6 Å². The Kier molecular flexibility index (Phi) is 2.78. The Morgan fingerprint density at radius 2 is 1.94 bits per heavy atom. The van der Waals surface area contributed by atoms with Gasteiger partial charge in [0.05, 0.1) is 23.7 Å². The van der Waals surface area contributed by atoms with Gasteiger partial charge in [0.1, 0.15) is 0 Å². The molecule has 1 aliphatic rings. The fourth-order valence-corrected chi connectivity index (χ4v) is 2.85. The highest BCUT2D eigenvalue weighted by Crippen LogP contribution is 2.33. The van der Waals surface area contributed by atoms with Crippen molar-refractivity contribution in [1.82, 2.24) is 9.78 Å². The molecule has 0 saturated heterocycles. The summed E-state index contributed by atoms with van der Waals surface area (Å²) in [4.78, 5) is 10.9. The molecule has 4 heteroatoms. The van der Waals surface area contributed by atoms with Gasteiger partial charge in [-0.2, -0.15) is 5.10 Å². The molecule has 1 aliphatic carbocycles. The van der Waals surface area contributed by atoms with Gasteiger partial charge in [0.15, 0.2) is 0 Å². The van der Waals surface area contributed by atoms with E-state index in [-0.39, 0.29) is 5.92 Å². The lowest BCUT2D eigenvalue weighted by Crippen LogP contribution is -2.23. The minimum Gasteiger partial charge on any atom is -0.481 e. The molecule has 3 rings (SSSR count). The molecule has 2 aromatic rings. The zero-order chi connectivity index (χ0) is 12.5. The van der Waals surface area contributed by atoms with Crippen molar-refractivity contribution in [3.63, 3.8) is 0 Å². The molecule has 1 aromatic heterocycles. The average Bonchev–Trinajstić information content (AvgIpc) is 2.82. The van der Waals surface area contributed by atoms with Gasteiger partial charge in [0.25, 0.3) is 0 Å². The predicted octanol–water partition coefficient (Wildman–Crippen LogP) is 2.85. The maximum absolute atomic E-state index is 10.9. The molecule has 0 aliphatic heterocycles. The third-order valence-electron chi connectivity index (χ3n) is 3.90. The maximum Gasteiger partial charge on any atom is 0.306 e. The van der Waals surface area contributed by atoms with Crippen LogP contribution in [0.4, 0.5) is 0 Å². The molecule has 1 N–H and O–H groups in total. The van der Waals surface area contributed by atoms with Crippen molar-refractivity contribution in [2.75, 3.05) is 0 Å². The Labute approximate surface area is 105 Å². The number of aromatic nitrogens is 2. The Balaban J connectivity index is 1.82. The SMILES string of the molecule is O=C(O)C1CCC(n2ncc3ccccc32)CC1. The van der Waals surface area contributed by atoms with Crippen LogP contribution in [0.2, 0.25) is 0 Å². The van der Waals surface area contributed by atoms with Crippen LogP contribution in [0.5, 0.6) is 0 Å². The van der Waals surface area contributed by atoms with Crippen LogP contribution in [0, 0.1) is 5.92 Å². The molecule has 0 atom stereocenters. The molecular weight excluding hydrogens is 228 g/mol. The predicted molar refractivity (Wildman–Crippen MR) is 68.4 cm³/mol. The molecule has 1 saturated carbocycles. The van der Waals surface area contributed by atoms with E-state index >= 15 is 0 Å². The molecule has 1 heterocycles. The van der Waals surface area contributed by atoms with Crippen LogP contribution in [0.1, 0.15) is 31.7 Å². The van der Waals surface area contributed by atoms with E-state index in [1.807, 2.05) is 18.3 Å². The van der Waals surface area contributed by atoms with E-state index in [2.05, 4.69) is 21.9 Å². The van der Waals surface area contributed by atoms with Crippen LogP contribution in [0.3, 0.4) is 0 Å². The largest absolute Gasteiger partial charge is 0.481 e. The standard InChI is InChI=1S/C14H16N2O2/c17-14(18)10-5-7-12(8-6-10)16-13-4-2-1-3-11(13)9-15-16/h1-4,9-10,12H,5-8H2,(H,17,18). The molecule has 0 bridgehead atoms. The average molecular weight is 244 g/mol. The second kappa shape index (κ2) is 4.44. The maximum atomic E-state index is 10.9. The first kappa shape index (κ1) is 11.3. The molecule has 0 spiro atoms. The summed E-state index contributed by atoms with van der Waals surface area (Å²) in [5.74, 6) is -0.818. The normalized spacial score (nSPS) is 24.2. The van der Waals surface area contributed by atoms with Crippen LogP contribution in [-0.4, -0.2) is 20.9 Å². The highest BCUT2D eigenvalue weighted by molar-refractivity contribution is 5.78. The molecule has 0 radical (unpaired) electrons. The number of hydrogen-bond donors (Lipinski definition) is 1. The number of benzene rings is 1. The number of carbonyl (C=O) groups is 1. The van der Waals surface area contributed by atoms with Crippen molar-refractivity contribution in [1.29, 1.82) is 0 Å². The minimum absolute atomic E-state index is 0.164. The number of hydrogen-bond acceptors (Lipinski definition) is 2. The zero-order valence-corrected chi connectivity index (χ0v) is 10.1. The summed E-state index contributed by atoms with van der Waals surface area (Å²) < 4.78 is 2.06. The number of rotatable bonds is 2. The molecule has 1 aromatic carbocycles. The van der Waals surface area contributed by atoms with E-state index in [4.69, 9.17) is 5.11 Å². The molecular formula is C14H16N2O2. The molecule has 0 unspecified atom stereocenters. The first-order valence-electron chi connectivity index (χ1n) is 6.41. The lowest BCUT2D eigenvalue weighted by atomic mass is 9.86. The van der Waals surface area contributed by atoms with Gasteiger partial charge < -0.3 is 5.11 Å². The van der Waals surface area contributed by atoms with Crippen LogP contribution in [0.15, 0.2) is 30.5 Å². The molecule has 18 heavy (non-hydrogen) atoms. The number of carboxylic acids is 1. The Hall–Kier alpha value is -1.84. The lowest BCUT2D eigenvalue weighted by Gasteiger charge is -2.26. The van der Waals surface area contributed by atoms with Crippen molar-refractivity contribution in [3.05, 3.63) is 30.5 Å². The first-order valence-corrected chi connectivity index (χ1v) is 6.41. The van der Waals surface area contributed by atoms with Gasteiger partial charge in [0.2, 0.25) is 0 Å². The van der Waals surface area contributed by atoms with E-state index in [9.17, 15) is 4.79 Å². The quantitative estimate of drug-likeness (QED) is 0.883. The van der Waals surface area contributed by atoms with E-state index in [0.29, 0.717) is 6.04 Å². The summed E-state index contributed by atoms with van der Waals surface area (Å²) in [6.45, 7) is 0. The highest BCUT2D eigenvalue weighted by atomic mass is 16.4. The number of fused-ring (bicyclic) bond motifs is 1. The summed E-state index contributed by atoms with van der Waals surface area (Å²) in [7, 11) is 0. The molecule has 4 nitrogen and oxygen atoms in total. The van der Waals surface area contributed by atoms with Crippen molar-refractivity contribution in [2.24, 2.45) is 5.92 Å². The lowest BCUT2D eigenvalue weighted by molar-refractivity contribution is -0.143. The second-order valence-corrected chi connectivity index (χ2v) is 4.99. The zero-order valence-electron chi connectivity index (χ0n) is 10.1. The van der Waals surface area contributed by atoms with Gasteiger partial charge in [-0.3, -0.25) is 9.48 Å². The number of aliphatic carboxylic acids is 1. The van der Waals surface area contributed by atoms with E-state index in [1.54, 1.807) is 0 Å². The Morgan fingerprint density at radius 3 is 2.67 bits per heavy atom. The second-order valence-electron chi connectivity index (χ2n) is 4.99. The van der Waals surface area contributed by atoms with Crippen molar-refractivity contribution >= 4 is 16.9 Å². The van der Waals surface area contributed by atoms with Crippen LogP contribution >= 0.6 is 0 Å². The van der Waals surface area contributed by atoms with Crippen LogP contribution in [-0.2, 0) is 4.79 Å². The van der Waals surface area contributed by atoms with Gasteiger partial charge >= 0.3 is 5.97 Å². The van der Waals surface area contributed by atoms with Crippen molar-refractivity contribution in [2.45, 2.75) is 31.7 Å². The van der Waals surface area contributed by atoms with Crippen molar-refractivity contribution < 1.29 is 9.90 Å². The third-order valence-corrected chi connectivity index (χ3v) is 3.90. The van der Waals surface area contributed by atoms with Gasteiger partial charge in [-0.05, 0) is 31.7 Å². The number of nitrogens with zero attached hydrogens (tertiary/aromatic N) is 2. The smallest absolute Gasteiger partial charge is 0.306 e. The number of carboxylic acid groups (broad SMARTS) is 1. The van der Waals surface area contributed by atoms with Gasteiger partial charge in [0, 0.05) is 5.39 Å². The highest BCUT2D eigenvalue weighted by Gasteiger charge is 2.27. The summed E-state index contributed by atoms with van der Waals surface area (Å²) in [5.41, 5.74) is 1.15. The first-order chi connectivity index (χ1) is 8.75.